The van der Waals surface area contributed by atoms with Gasteiger partial charge in [0.15, 0.2) is 41.5 Å². The summed E-state index contributed by atoms with van der Waals surface area (Å²) in [7, 11) is 1.00. The fraction of sp³-hybridized carbons (Fsp3) is 0.896. The lowest BCUT2D eigenvalue weighted by atomic mass is 9.76. The number of morpholine rings is 2. The first-order valence-electron chi connectivity index (χ1n) is 34.0. The van der Waals surface area contributed by atoms with Gasteiger partial charge in [-0.15, -0.1) is 0 Å². The van der Waals surface area contributed by atoms with Crippen LogP contribution in [0.25, 0.3) is 0 Å². The van der Waals surface area contributed by atoms with Crippen LogP contribution in [0.1, 0.15) is 156 Å². The summed E-state index contributed by atoms with van der Waals surface area (Å²) < 4.78 is 91.5. The molecule has 0 radical (unpaired) electrons. The zero-order valence-electron chi connectivity index (χ0n) is 58.0. The number of esters is 3. The van der Waals surface area contributed by atoms with Gasteiger partial charge in [-0.1, -0.05) is 55.4 Å². The van der Waals surface area contributed by atoms with E-state index in [0.717, 1.165) is 7.11 Å². The molecule has 10 aliphatic rings. The summed E-state index contributed by atoms with van der Waals surface area (Å²) in [5, 5.41) is 18.6. The lowest BCUT2D eigenvalue weighted by molar-refractivity contribution is -0.300. The Morgan fingerprint density at radius 2 is 0.935 bits per heavy atom. The minimum atomic E-state index is -1.29. The summed E-state index contributed by atoms with van der Waals surface area (Å²) in [5.41, 5.74) is -4.53. The summed E-state index contributed by atoms with van der Waals surface area (Å²) in [5.74, 6) is -7.50. The number of ketones is 2. The summed E-state index contributed by atoms with van der Waals surface area (Å²) in [6.45, 7) is 35.8. The maximum atomic E-state index is 14.1. The minimum absolute atomic E-state index is 0.0274. The minimum Gasteiger partial charge on any atom is -0.457 e. The zero-order valence-corrected chi connectivity index (χ0v) is 58.0. The lowest BCUT2D eigenvalue weighted by Crippen LogP contribution is -2.61. The Bertz CT molecular complexity index is 2620. The van der Waals surface area contributed by atoms with E-state index in [-0.39, 0.29) is 47.7 Å². The molecule has 26 nitrogen and oxygen atoms in total. The Hall–Kier alpha value is -4.19. The maximum absolute atomic E-state index is 14.1. The molecule has 10 fully saturated rings. The largest absolute Gasteiger partial charge is 0.509 e. The van der Waals surface area contributed by atoms with Crippen molar-refractivity contribution >= 4 is 41.8 Å². The summed E-state index contributed by atoms with van der Waals surface area (Å²) in [4.78, 5) is 97.0. The molecule has 10 unspecified atom stereocenters. The molecule has 0 aliphatic carbocycles. The van der Waals surface area contributed by atoms with E-state index in [2.05, 4.69) is 23.6 Å². The highest BCUT2D eigenvalue weighted by Crippen LogP contribution is 2.51. The Morgan fingerprint density at radius 3 is 1.33 bits per heavy atom. The van der Waals surface area contributed by atoms with E-state index in [9.17, 15) is 38.7 Å². The molecule has 0 saturated carbocycles. The number of nitrogens with zero attached hydrogens (tertiary/aromatic N) is 2. The van der Waals surface area contributed by atoms with Gasteiger partial charge in [0.1, 0.15) is 42.4 Å². The summed E-state index contributed by atoms with van der Waals surface area (Å²) >= 11 is 0. The van der Waals surface area contributed by atoms with E-state index in [1.165, 1.54) is 20.8 Å². The van der Waals surface area contributed by atoms with Crippen LogP contribution in [0.2, 0.25) is 0 Å². The SMILES string of the molecule is CC[C@H]1OC(=O)O[C@@]1(C)[C@@H]1OC(=O)[C@H](C)C(=O)[C@H](C)[C@@H](O[C@@H]2OC(C)CC(N3CCOCC3)C2O)[C@]2(C)CC(C)C(O2)[C@@H]1C.CC[C@H]1OC(=O)O[C@@]1(C)[C@@H]1OC(=O)[C@H](C)C(=O)[C@H](C)[C@@H](O[C@@H]2OC(C)CC(N3CCOCC3)C2OC(C)=O)[C@]2(C)CC(C)C(O2)[C@@H]1C.CO. The Morgan fingerprint density at radius 1 is 0.559 bits per heavy atom. The first-order chi connectivity index (χ1) is 43.8. The average Bonchev–Trinajstić information content (AvgIpc) is 1.63. The molecular formula is C67H108N2O24. The monoisotopic (exact) mass is 1320 g/mol. The van der Waals surface area contributed by atoms with Gasteiger partial charge in [-0.05, 0) is 106 Å². The Balaban J connectivity index is 0.000000233. The number of hydrogen-bond acceptors (Lipinski definition) is 26. The number of aliphatic hydroxyl groups is 2. The molecule has 0 spiro atoms. The third-order valence-corrected chi connectivity index (χ3v) is 21.8. The molecule has 10 rings (SSSR count). The van der Waals surface area contributed by atoms with Gasteiger partial charge in [0.05, 0.1) is 80.3 Å². The van der Waals surface area contributed by atoms with Gasteiger partial charge in [-0.3, -0.25) is 33.8 Å². The Kier molecular flexibility index (Phi) is 24.3. The van der Waals surface area contributed by atoms with Crippen molar-refractivity contribution in [3.05, 3.63) is 0 Å². The van der Waals surface area contributed by atoms with Crippen molar-refractivity contribution in [1.29, 1.82) is 0 Å². The molecule has 10 aliphatic heterocycles. The molecule has 0 aromatic heterocycles. The highest BCUT2D eigenvalue weighted by molar-refractivity contribution is 6.00. The molecule has 0 amide bonds. The van der Waals surface area contributed by atoms with Crippen LogP contribution in [0.5, 0.6) is 0 Å². The van der Waals surface area contributed by atoms with Crippen molar-refractivity contribution in [3.8, 4) is 0 Å². The summed E-state index contributed by atoms with van der Waals surface area (Å²) in [6.07, 6.45) is -8.31. The molecule has 0 aromatic carbocycles. The van der Waals surface area contributed by atoms with Crippen LogP contribution in [0.4, 0.5) is 9.59 Å². The van der Waals surface area contributed by atoms with Gasteiger partial charge in [0, 0.05) is 69.9 Å². The molecule has 28 atom stereocenters. The zero-order chi connectivity index (χ0) is 68.6. The molecule has 26 heteroatoms. The second kappa shape index (κ2) is 30.3. The van der Waals surface area contributed by atoms with Crippen molar-refractivity contribution in [2.45, 2.75) is 277 Å². The molecule has 93 heavy (non-hydrogen) atoms. The smallest absolute Gasteiger partial charge is 0.457 e. The molecule has 530 valence electrons. The number of cyclic esters (lactones) is 6. The highest BCUT2D eigenvalue weighted by Gasteiger charge is 2.64. The van der Waals surface area contributed by atoms with Crippen LogP contribution >= 0.6 is 0 Å². The second-order valence-corrected chi connectivity index (χ2v) is 28.7. The highest BCUT2D eigenvalue weighted by atomic mass is 16.8. The number of carbonyl (C=O) groups excluding carboxylic acids is 7. The van der Waals surface area contributed by atoms with Crippen molar-refractivity contribution in [2.24, 2.45) is 47.3 Å². The van der Waals surface area contributed by atoms with Gasteiger partial charge in [-0.25, -0.2) is 9.59 Å². The van der Waals surface area contributed by atoms with E-state index in [1.807, 2.05) is 55.4 Å². The quantitative estimate of drug-likeness (QED) is 0.138. The van der Waals surface area contributed by atoms with Gasteiger partial charge in [-0.2, -0.15) is 0 Å². The number of ether oxygens (including phenoxy) is 15. The van der Waals surface area contributed by atoms with Crippen molar-refractivity contribution in [2.75, 3.05) is 59.7 Å². The van der Waals surface area contributed by atoms with Gasteiger partial charge < -0.3 is 81.3 Å². The number of aliphatic hydroxyl groups excluding tert-OH is 2. The van der Waals surface area contributed by atoms with Crippen LogP contribution in [0.3, 0.4) is 0 Å². The predicted octanol–water partition coefficient (Wildman–Crippen LogP) is 5.90. The second-order valence-electron chi connectivity index (χ2n) is 28.7. The van der Waals surface area contributed by atoms with Gasteiger partial charge in [0.25, 0.3) is 0 Å². The van der Waals surface area contributed by atoms with Crippen LogP contribution in [-0.2, 0) is 95.0 Å². The van der Waals surface area contributed by atoms with Crippen LogP contribution in [0, 0.1) is 47.3 Å². The maximum Gasteiger partial charge on any atom is 0.509 e. The van der Waals surface area contributed by atoms with E-state index < -0.39 is 162 Å². The van der Waals surface area contributed by atoms with E-state index in [0.29, 0.717) is 91.1 Å². The molecule has 10 heterocycles. The van der Waals surface area contributed by atoms with Crippen molar-refractivity contribution < 1.29 is 115 Å². The topological polar surface area (TPSA) is 305 Å². The molecule has 10 saturated heterocycles. The van der Waals surface area contributed by atoms with E-state index in [1.54, 1.807) is 27.7 Å². The molecular weight excluding hydrogens is 1220 g/mol. The molecule has 0 aromatic rings. The van der Waals surface area contributed by atoms with Crippen LogP contribution in [-0.4, -0.2) is 242 Å². The van der Waals surface area contributed by atoms with Crippen molar-refractivity contribution in [1.82, 2.24) is 9.80 Å². The number of Topliss-reactive ketones (excluding diaryl/α,β-unsaturated/α-hetero) is 2. The third-order valence-electron chi connectivity index (χ3n) is 21.8. The van der Waals surface area contributed by atoms with Crippen molar-refractivity contribution in [3.63, 3.8) is 0 Å². The van der Waals surface area contributed by atoms with Gasteiger partial charge in [0.2, 0.25) is 0 Å². The predicted molar refractivity (Wildman–Crippen MR) is 329 cm³/mol. The van der Waals surface area contributed by atoms with Crippen LogP contribution in [0.15, 0.2) is 0 Å². The average molecular weight is 1330 g/mol. The number of fused-ring (bicyclic) bond motifs is 4. The Labute approximate surface area is 548 Å². The normalized spacial score (nSPS) is 46.9. The van der Waals surface area contributed by atoms with Gasteiger partial charge >= 0.3 is 30.2 Å². The summed E-state index contributed by atoms with van der Waals surface area (Å²) in [6, 6.07) is -0.379. The van der Waals surface area contributed by atoms with E-state index >= 15 is 0 Å². The van der Waals surface area contributed by atoms with E-state index in [4.69, 9.17) is 76.2 Å². The fourth-order valence-corrected chi connectivity index (χ4v) is 17.2. The number of hydrogen-bond donors (Lipinski definition) is 2. The fourth-order valence-electron chi connectivity index (χ4n) is 17.2. The molecule has 4 bridgehead atoms. The molecule has 2 N–H and O–H groups in total. The standard InChI is InChI=1S/C34H53NO12.C32H51NO11.CH4O/c1-10-24-34(9,47-32(39)43-24)29-21(6)26-17(2)16-33(8,46-26)28(19(4)25(37)20(5)30(38)44-29)45-31-27(42-22(7)36)23(15-18(3)41-31)35-11-13-40-14-12-35;1-9-22-32(8,44-30(37)40-22)27-20(6)25-16(2)15-31(7,43-25)26(18(4)23(34)19(5)28(36)41-27)42-29-24(35)21(14-17(3)39-29)33-10-12-38-13-11-33;1-2/h17-21,23-24,26-29,31H,10-16H2,1-9H3;16-22,24-27,29,35H,9-15H2,1-8H3;2H,1H3/t17?,18?,19-,20+,21-,23?,24+,26?,27?,28+,29+,31-,33-,34+;16?,17?,18-,19+,20-,21?,22+,24?,25?,26+,27+,29-,31-,32+;/m00./s1. The lowest BCUT2D eigenvalue weighted by Gasteiger charge is -2.48. The first kappa shape index (κ1) is 74.6. The number of rotatable bonds is 11. The van der Waals surface area contributed by atoms with Crippen LogP contribution < -0.4 is 0 Å². The first-order valence-corrected chi connectivity index (χ1v) is 34.0. The third kappa shape index (κ3) is 15.3. The number of carbonyl (C=O) groups is 7.